The fourth-order valence-electron chi connectivity index (χ4n) is 5.18. The van der Waals surface area contributed by atoms with Crippen molar-refractivity contribution in [3.63, 3.8) is 0 Å². The number of fused-ring (bicyclic) bond motifs is 3. The van der Waals surface area contributed by atoms with Crippen LogP contribution in [0.3, 0.4) is 0 Å². The molecule has 1 amide bonds. The minimum absolute atomic E-state index is 0.0999. The van der Waals surface area contributed by atoms with E-state index in [1.54, 1.807) is 6.33 Å². The third kappa shape index (κ3) is 3.79. The average molecular weight is 385 g/mol. The predicted molar refractivity (Wildman–Crippen MR) is 108 cm³/mol. The summed E-state index contributed by atoms with van der Waals surface area (Å²) in [4.78, 5) is 22.0. The Balaban J connectivity index is 1.52. The number of nitrogens with zero attached hydrogens (tertiary/aromatic N) is 3. The maximum absolute atomic E-state index is 13.1. The van der Waals surface area contributed by atoms with E-state index in [-0.39, 0.29) is 17.6 Å². The number of carbonyl (C=O) groups excluding carboxylic acids is 1. The van der Waals surface area contributed by atoms with Gasteiger partial charge in [-0.05, 0) is 78.2 Å². The maximum atomic E-state index is 13.1. The molecule has 2 saturated carbocycles. The number of rotatable bonds is 3. The van der Waals surface area contributed by atoms with E-state index in [2.05, 4.69) is 36.1 Å². The second-order valence-corrected chi connectivity index (χ2v) is 9.60. The van der Waals surface area contributed by atoms with Crippen LogP contribution in [0.25, 0.3) is 5.65 Å². The van der Waals surface area contributed by atoms with Crippen molar-refractivity contribution in [1.82, 2.24) is 19.7 Å². The van der Waals surface area contributed by atoms with E-state index in [1.165, 1.54) is 6.42 Å². The summed E-state index contributed by atoms with van der Waals surface area (Å²) in [7, 11) is 0. The van der Waals surface area contributed by atoms with Crippen LogP contribution >= 0.6 is 0 Å². The average Bonchev–Trinajstić information content (AvgIpc) is 2.98. The van der Waals surface area contributed by atoms with Gasteiger partial charge in [0.05, 0.1) is 11.7 Å². The van der Waals surface area contributed by atoms with Gasteiger partial charge < -0.3 is 10.1 Å². The molecule has 0 saturated heterocycles. The molecule has 0 aromatic carbocycles. The van der Waals surface area contributed by atoms with Gasteiger partial charge in [-0.25, -0.2) is 9.97 Å². The van der Waals surface area contributed by atoms with Crippen molar-refractivity contribution < 1.29 is 9.53 Å². The Labute approximate surface area is 167 Å². The molecule has 2 heterocycles. The van der Waals surface area contributed by atoms with Gasteiger partial charge in [0.1, 0.15) is 6.33 Å². The van der Waals surface area contributed by atoms with Crippen LogP contribution in [-0.2, 0) is 4.74 Å². The SMILES string of the molecule is Cc1cc(C)n2cnc(C(=O)NC3[C@@H]4CCC[C@H]3CC(OC(C)(C)C)C4)c2n1. The van der Waals surface area contributed by atoms with E-state index >= 15 is 0 Å². The number of imidazole rings is 1. The standard InChI is InChI=1S/C22H32N4O2/c1-13-9-14(2)26-12-23-19(20(26)24-13)21(27)25-18-15-7-6-8-16(18)11-17(10-15)28-22(3,4)5/h9,12,15-18H,6-8,10-11H2,1-5H3,(H,25,27)/t15-,16+,17?,18?. The van der Waals surface area contributed by atoms with Crippen molar-refractivity contribution >= 4 is 11.6 Å². The summed E-state index contributed by atoms with van der Waals surface area (Å²) >= 11 is 0. The minimum Gasteiger partial charge on any atom is -0.373 e. The summed E-state index contributed by atoms with van der Waals surface area (Å²) in [5, 5.41) is 3.33. The van der Waals surface area contributed by atoms with Crippen molar-refractivity contribution in [2.24, 2.45) is 11.8 Å². The monoisotopic (exact) mass is 384 g/mol. The Morgan fingerprint density at radius 3 is 2.54 bits per heavy atom. The molecule has 0 aliphatic heterocycles. The maximum Gasteiger partial charge on any atom is 0.274 e. The van der Waals surface area contributed by atoms with E-state index < -0.39 is 0 Å². The normalized spacial score (nSPS) is 27.8. The molecule has 2 unspecified atom stereocenters. The summed E-state index contributed by atoms with van der Waals surface area (Å²) in [6, 6.07) is 2.21. The first-order valence-electron chi connectivity index (χ1n) is 10.5. The highest BCUT2D eigenvalue weighted by Gasteiger charge is 2.42. The molecule has 4 rings (SSSR count). The molecule has 2 aromatic rings. The molecule has 6 heteroatoms. The van der Waals surface area contributed by atoms with Crippen molar-refractivity contribution in [2.75, 3.05) is 0 Å². The zero-order valence-corrected chi connectivity index (χ0v) is 17.7. The summed E-state index contributed by atoms with van der Waals surface area (Å²) in [5.74, 6) is 0.861. The van der Waals surface area contributed by atoms with Gasteiger partial charge in [-0.15, -0.1) is 0 Å². The van der Waals surface area contributed by atoms with Crippen LogP contribution in [0.2, 0.25) is 0 Å². The Kier molecular flexibility index (Phi) is 4.94. The van der Waals surface area contributed by atoms with Crippen LogP contribution in [0.1, 0.15) is 74.8 Å². The quantitative estimate of drug-likeness (QED) is 0.873. The molecule has 0 radical (unpaired) electrons. The molecular formula is C22H32N4O2. The summed E-state index contributed by atoms with van der Waals surface area (Å²) in [6.07, 6.45) is 7.61. The van der Waals surface area contributed by atoms with Gasteiger partial charge >= 0.3 is 0 Å². The number of amides is 1. The Hall–Kier alpha value is -1.95. The first-order chi connectivity index (χ1) is 13.2. The second-order valence-electron chi connectivity index (χ2n) is 9.60. The molecule has 1 N–H and O–H groups in total. The zero-order chi connectivity index (χ0) is 20.1. The zero-order valence-electron chi connectivity index (χ0n) is 17.7. The van der Waals surface area contributed by atoms with E-state index in [9.17, 15) is 4.79 Å². The molecule has 2 aromatic heterocycles. The third-order valence-corrected chi connectivity index (χ3v) is 6.15. The predicted octanol–water partition coefficient (Wildman–Crippen LogP) is 3.84. The van der Waals surface area contributed by atoms with E-state index in [1.807, 2.05) is 24.3 Å². The number of aromatic nitrogens is 3. The summed E-state index contributed by atoms with van der Waals surface area (Å²) < 4.78 is 8.17. The van der Waals surface area contributed by atoms with Crippen LogP contribution in [0, 0.1) is 25.7 Å². The van der Waals surface area contributed by atoms with Crippen LogP contribution < -0.4 is 5.32 Å². The highest BCUT2D eigenvalue weighted by Crippen LogP contribution is 2.42. The molecule has 28 heavy (non-hydrogen) atoms. The molecule has 152 valence electrons. The van der Waals surface area contributed by atoms with Gasteiger partial charge in [0.25, 0.3) is 5.91 Å². The van der Waals surface area contributed by atoms with Gasteiger partial charge in [-0.3, -0.25) is 9.20 Å². The molecule has 4 atom stereocenters. The number of nitrogens with one attached hydrogen (secondary N) is 1. The van der Waals surface area contributed by atoms with Crippen LogP contribution in [0.15, 0.2) is 12.4 Å². The molecule has 2 aliphatic rings. The highest BCUT2D eigenvalue weighted by molar-refractivity contribution is 5.98. The van der Waals surface area contributed by atoms with Crippen molar-refractivity contribution in [1.29, 1.82) is 0 Å². The van der Waals surface area contributed by atoms with Crippen LogP contribution in [0.5, 0.6) is 0 Å². The molecule has 0 spiro atoms. The first-order valence-corrected chi connectivity index (χ1v) is 10.5. The Morgan fingerprint density at radius 1 is 1.21 bits per heavy atom. The number of carbonyl (C=O) groups is 1. The van der Waals surface area contributed by atoms with E-state index in [0.29, 0.717) is 29.3 Å². The van der Waals surface area contributed by atoms with Crippen molar-refractivity contribution in [3.05, 3.63) is 29.5 Å². The number of hydrogen-bond acceptors (Lipinski definition) is 4. The Morgan fingerprint density at radius 2 is 1.89 bits per heavy atom. The summed E-state index contributed by atoms with van der Waals surface area (Å²) in [6.45, 7) is 10.3. The highest BCUT2D eigenvalue weighted by atomic mass is 16.5. The number of ether oxygens (including phenoxy) is 1. The Bertz CT molecular complexity index is 869. The molecule has 2 fully saturated rings. The van der Waals surface area contributed by atoms with E-state index in [0.717, 1.165) is 37.1 Å². The lowest BCUT2D eigenvalue weighted by atomic mass is 9.67. The van der Waals surface area contributed by atoms with Gasteiger partial charge in [0, 0.05) is 17.4 Å². The topological polar surface area (TPSA) is 68.5 Å². The lowest BCUT2D eigenvalue weighted by Crippen LogP contribution is -2.53. The summed E-state index contributed by atoms with van der Waals surface area (Å²) in [5.41, 5.74) is 2.89. The van der Waals surface area contributed by atoms with Gasteiger partial charge in [0.2, 0.25) is 0 Å². The second kappa shape index (κ2) is 7.14. The van der Waals surface area contributed by atoms with E-state index in [4.69, 9.17) is 4.74 Å². The molecule has 6 nitrogen and oxygen atoms in total. The number of aryl methyl sites for hydroxylation is 2. The largest absolute Gasteiger partial charge is 0.373 e. The van der Waals surface area contributed by atoms with Crippen LogP contribution in [-0.4, -0.2) is 38.0 Å². The molecule has 2 aliphatic carbocycles. The fourth-order valence-corrected chi connectivity index (χ4v) is 5.18. The van der Waals surface area contributed by atoms with Crippen molar-refractivity contribution in [2.45, 2.75) is 84.5 Å². The lowest BCUT2D eigenvalue weighted by molar-refractivity contribution is -0.103. The smallest absolute Gasteiger partial charge is 0.274 e. The molecule has 2 bridgehead atoms. The molecular weight excluding hydrogens is 352 g/mol. The van der Waals surface area contributed by atoms with Gasteiger partial charge in [-0.2, -0.15) is 0 Å². The lowest BCUT2D eigenvalue weighted by Gasteiger charge is -2.47. The minimum atomic E-state index is -0.119. The fraction of sp³-hybridized carbons (Fsp3) is 0.682. The number of hydrogen-bond donors (Lipinski definition) is 1. The van der Waals surface area contributed by atoms with Crippen LogP contribution in [0.4, 0.5) is 0 Å². The third-order valence-electron chi connectivity index (χ3n) is 6.15. The van der Waals surface area contributed by atoms with Gasteiger partial charge in [0.15, 0.2) is 11.3 Å². The van der Waals surface area contributed by atoms with Gasteiger partial charge in [-0.1, -0.05) is 6.42 Å². The first kappa shape index (κ1) is 19.4. The van der Waals surface area contributed by atoms with Crippen molar-refractivity contribution in [3.8, 4) is 0 Å².